The van der Waals surface area contributed by atoms with Crippen molar-refractivity contribution in [2.45, 2.75) is 26.6 Å². The van der Waals surface area contributed by atoms with Gasteiger partial charge in [0, 0.05) is 41.7 Å². The quantitative estimate of drug-likeness (QED) is 0.345. The number of nitrogens with zero attached hydrogens (tertiary/aromatic N) is 1. The maximum absolute atomic E-state index is 13.5. The van der Waals surface area contributed by atoms with E-state index in [4.69, 9.17) is 16.3 Å². The van der Waals surface area contributed by atoms with Crippen molar-refractivity contribution >= 4 is 28.5 Å². The van der Waals surface area contributed by atoms with Gasteiger partial charge in [0.15, 0.2) is 0 Å². The molecule has 0 fully saturated rings. The molecule has 0 aliphatic rings. The van der Waals surface area contributed by atoms with E-state index in [0.29, 0.717) is 35.5 Å². The van der Waals surface area contributed by atoms with Crippen molar-refractivity contribution < 1.29 is 19.0 Å². The fourth-order valence-corrected chi connectivity index (χ4v) is 4.20. The molecule has 0 aliphatic carbocycles. The Morgan fingerprint density at radius 2 is 1.85 bits per heavy atom. The summed E-state index contributed by atoms with van der Waals surface area (Å²) in [6.07, 6.45) is 0. The number of halogens is 2. The summed E-state index contributed by atoms with van der Waals surface area (Å²) in [6, 6.07) is 17.8. The van der Waals surface area contributed by atoms with Gasteiger partial charge in [0.25, 0.3) is 0 Å². The molecule has 4 rings (SSSR count). The van der Waals surface area contributed by atoms with Gasteiger partial charge in [-0.05, 0) is 42.3 Å². The Bertz CT molecular complexity index is 1320. The van der Waals surface area contributed by atoms with Gasteiger partial charge in [-0.1, -0.05) is 47.5 Å². The first-order valence-corrected chi connectivity index (χ1v) is 10.9. The summed E-state index contributed by atoms with van der Waals surface area (Å²) in [7, 11) is 1.56. The number of aryl methyl sites for hydroxylation is 1. The molecule has 7 heteroatoms. The topological polar surface area (TPSA) is 63.5 Å². The minimum Gasteiger partial charge on any atom is -0.497 e. The molecule has 0 saturated heterocycles. The summed E-state index contributed by atoms with van der Waals surface area (Å²) in [5, 5.41) is 14.6. The van der Waals surface area contributed by atoms with Gasteiger partial charge in [0.2, 0.25) is 0 Å². The number of benzene rings is 3. The number of methoxy groups -OCH3 is 1. The van der Waals surface area contributed by atoms with E-state index in [-0.39, 0.29) is 17.3 Å². The third-order valence-electron chi connectivity index (χ3n) is 5.67. The summed E-state index contributed by atoms with van der Waals surface area (Å²) in [4.78, 5) is 12.4. The molecular formula is C26H24ClFN2O3. The first kappa shape index (κ1) is 22.8. The smallest absolute Gasteiger partial charge is 0.352 e. The van der Waals surface area contributed by atoms with Crippen LogP contribution in [0.5, 0.6) is 5.75 Å². The molecule has 0 aliphatic heterocycles. The molecule has 0 atom stereocenters. The molecule has 2 N–H and O–H groups in total. The summed E-state index contributed by atoms with van der Waals surface area (Å²) < 4.78 is 20.6. The predicted molar refractivity (Wildman–Crippen MR) is 128 cm³/mol. The summed E-state index contributed by atoms with van der Waals surface area (Å²) in [6.45, 7) is 3.18. The van der Waals surface area contributed by atoms with Gasteiger partial charge in [0.05, 0.1) is 12.6 Å². The Morgan fingerprint density at radius 1 is 1.09 bits per heavy atom. The zero-order valence-electron chi connectivity index (χ0n) is 18.4. The molecule has 33 heavy (non-hydrogen) atoms. The molecule has 3 aromatic carbocycles. The minimum atomic E-state index is -1.05. The van der Waals surface area contributed by atoms with E-state index < -0.39 is 11.8 Å². The molecule has 0 saturated carbocycles. The van der Waals surface area contributed by atoms with Crippen LogP contribution in [0.1, 0.15) is 32.7 Å². The average molecular weight is 467 g/mol. The van der Waals surface area contributed by atoms with Gasteiger partial charge in [-0.2, -0.15) is 0 Å². The lowest BCUT2D eigenvalue weighted by molar-refractivity contribution is 0.0684. The predicted octanol–water partition coefficient (Wildman–Crippen LogP) is 5.79. The Hall–Kier alpha value is -3.35. The SMILES string of the molecule is COc1ccc2c(CNCc3ccc(C)cc3)c(C(=O)O)n(Cc3ccc(F)cc3Cl)c2c1. The zero-order chi connectivity index (χ0) is 23.5. The van der Waals surface area contributed by atoms with Crippen LogP contribution in [-0.2, 0) is 19.6 Å². The van der Waals surface area contributed by atoms with Crippen LogP contribution in [0.15, 0.2) is 60.7 Å². The molecule has 0 bridgehead atoms. The van der Waals surface area contributed by atoms with Crippen LogP contribution in [0.3, 0.4) is 0 Å². The Balaban J connectivity index is 1.75. The maximum Gasteiger partial charge on any atom is 0.352 e. The van der Waals surface area contributed by atoms with E-state index in [1.807, 2.05) is 49.4 Å². The van der Waals surface area contributed by atoms with Gasteiger partial charge in [-0.3, -0.25) is 0 Å². The number of carboxylic acid groups (broad SMARTS) is 1. The number of carbonyl (C=O) groups is 1. The second-order valence-corrected chi connectivity index (χ2v) is 8.33. The zero-order valence-corrected chi connectivity index (χ0v) is 19.1. The number of rotatable bonds is 8. The first-order chi connectivity index (χ1) is 15.9. The third kappa shape index (κ3) is 4.87. The largest absolute Gasteiger partial charge is 0.497 e. The third-order valence-corrected chi connectivity index (χ3v) is 6.03. The molecule has 0 unspecified atom stereocenters. The highest BCUT2D eigenvalue weighted by atomic mass is 35.5. The highest BCUT2D eigenvalue weighted by Crippen LogP contribution is 2.32. The molecule has 1 heterocycles. The van der Waals surface area contributed by atoms with Crippen molar-refractivity contribution in [3.63, 3.8) is 0 Å². The Morgan fingerprint density at radius 3 is 2.52 bits per heavy atom. The maximum atomic E-state index is 13.5. The average Bonchev–Trinajstić information content (AvgIpc) is 3.09. The van der Waals surface area contributed by atoms with E-state index in [0.717, 1.165) is 10.9 Å². The van der Waals surface area contributed by atoms with Crippen molar-refractivity contribution in [3.8, 4) is 5.75 Å². The number of aromatic nitrogens is 1. The lowest BCUT2D eigenvalue weighted by atomic mass is 10.1. The monoisotopic (exact) mass is 466 g/mol. The van der Waals surface area contributed by atoms with Gasteiger partial charge in [-0.15, -0.1) is 0 Å². The number of fused-ring (bicyclic) bond motifs is 1. The molecule has 170 valence electrons. The van der Waals surface area contributed by atoms with Crippen molar-refractivity contribution in [3.05, 3.63) is 99.5 Å². The summed E-state index contributed by atoms with van der Waals surface area (Å²) in [5.41, 5.74) is 4.46. The number of aromatic carboxylic acids is 1. The molecule has 1 aromatic heterocycles. The Labute approximate surface area is 196 Å². The number of hydrogen-bond acceptors (Lipinski definition) is 3. The van der Waals surface area contributed by atoms with Crippen LogP contribution in [0.4, 0.5) is 4.39 Å². The van der Waals surface area contributed by atoms with Crippen molar-refractivity contribution in [1.82, 2.24) is 9.88 Å². The molecule has 0 amide bonds. The van der Waals surface area contributed by atoms with E-state index >= 15 is 0 Å². The molecular weight excluding hydrogens is 443 g/mol. The van der Waals surface area contributed by atoms with Crippen molar-refractivity contribution in [2.24, 2.45) is 0 Å². The van der Waals surface area contributed by atoms with Gasteiger partial charge in [0.1, 0.15) is 17.3 Å². The van der Waals surface area contributed by atoms with Crippen LogP contribution in [0.2, 0.25) is 5.02 Å². The molecule has 4 aromatic rings. The molecule has 0 spiro atoms. The van der Waals surface area contributed by atoms with Crippen LogP contribution in [-0.4, -0.2) is 22.8 Å². The van der Waals surface area contributed by atoms with Crippen LogP contribution in [0, 0.1) is 12.7 Å². The minimum absolute atomic E-state index is 0.162. The number of carboxylic acids is 1. The van der Waals surface area contributed by atoms with E-state index in [1.165, 1.54) is 17.7 Å². The standard InChI is InChI=1S/C26H24ClFN2O3/c1-16-3-5-17(6-4-16)13-29-14-22-21-10-9-20(33-2)12-24(21)30(25(22)26(31)32)15-18-7-8-19(28)11-23(18)27/h3-12,29H,13-15H2,1-2H3,(H,31,32). The fraction of sp³-hybridized carbons (Fsp3) is 0.192. The lowest BCUT2D eigenvalue weighted by Crippen LogP contribution is -2.17. The second-order valence-electron chi connectivity index (χ2n) is 7.93. The second kappa shape index (κ2) is 9.65. The fourth-order valence-electron chi connectivity index (χ4n) is 3.97. The van der Waals surface area contributed by atoms with E-state index in [9.17, 15) is 14.3 Å². The van der Waals surface area contributed by atoms with E-state index in [2.05, 4.69) is 5.32 Å². The summed E-state index contributed by atoms with van der Waals surface area (Å²) >= 11 is 6.25. The van der Waals surface area contributed by atoms with Gasteiger partial charge in [-0.25, -0.2) is 9.18 Å². The summed E-state index contributed by atoms with van der Waals surface area (Å²) in [5.74, 6) is -0.875. The van der Waals surface area contributed by atoms with Crippen molar-refractivity contribution in [1.29, 1.82) is 0 Å². The van der Waals surface area contributed by atoms with Gasteiger partial charge >= 0.3 is 5.97 Å². The van der Waals surface area contributed by atoms with E-state index in [1.54, 1.807) is 17.7 Å². The van der Waals surface area contributed by atoms with Gasteiger partial charge < -0.3 is 19.7 Å². The normalized spacial score (nSPS) is 11.2. The van der Waals surface area contributed by atoms with Crippen molar-refractivity contribution in [2.75, 3.05) is 7.11 Å². The highest BCUT2D eigenvalue weighted by Gasteiger charge is 2.23. The van der Waals surface area contributed by atoms with Crippen LogP contribution in [0.25, 0.3) is 10.9 Å². The van der Waals surface area contributed by atoms with Crippen LogP contribution < -0.4 is 10.1 Å². The van der Waals surface area contributed by atoms with Crippen LogP contribution >= 0.6 is 11.6 Å². The molecule has 0 radical (unpaired) electrons. The number of ether oxygens (including phenoxy) is 1. The Kier molecular flexibility index (Phi) is 6.67. The first-order valence-electron chi connectivity index (χ1n) is 10.5. The molecule has 5 nitrogen and oxygen atoms in total. The number of hydrogen-bond donors (Lipinski definition) is 2. The lowest BCUT2D eigenvalue weighted by Gasteiger charge is -2.12. The number of nitrogens with one attached hydrogen (secondary N) is 1. The highest BCUT2D eigenvalue weighted by molar-refractivity contribution is 6.31.